The number of rotatable bonds is 9. The van der Waals surface area contributed by atoms with Gasteiger partial charge < -0.3 is 0 Å². The summed E-state index contributed by atoms with van der Waals surface area (Å²) in [5, 5.41) is 14.8. The Morgan fingerprint density at radius 1 is 1.12 bits per heavy atom. The minimum Gasteiger partial charge on any atom is -0.289 e. The van der Waals surface area contributed by atoms with E-state index in [1.54, 1.807) is 9.13 Å². The van der Waals surface area contributed by atoms with Crippen LogP contribution >= 0.6 is 11.6 Å². The van der Waals surface area contributed by atoms with E-state index in [4.69, 9.17) is 11.6 Å². The fourth-order valence-electron chi connectivity index (χ4n) is 3.94. The van der Waals surface area contributed by atoms with Crippen LogP contribution in [0, 0.1) is 0 Å². The monoisotopic (exact) mass is 465 g/mol. The van der Waals surface area contributed by atoms with Crippen molar-refractivity contribution in [1.29, 1.82) is 0 Å². The van der Waals surface area contributed by atoms with E-state index < -0.39 is 0 Å². The topological polar surface area (TPSA) is 94.3 Å². The summed E-state index contributed by atoms with van der Waals surface area (Å²) in [5.74, 6) is 0.600. The number of nitrogens with one attached hydrogen (secondary N) is 1. The Morgan fingerprint density at radius 3 is 2.55 bits per heavy atom. The summed E-state index contributed by atoms with van der Waals surface area (Å²) in [6.45, 7) is 6.60. The van der Waals surface area contributed by atoms with Gasteiger partial charge in [0.15, 0.2) is 5.82 Å². The van der Waals surface area contributed by atoms with Crippen molar-refractivity contribution in [1.82, 2.24) is 34.7 Å². The summed E-state index contributed by atoms with van der Waals surface area (Å²) in [6.07, 6.45) is 5.44. The molecule has 0 aliphatic rings. The molecule has 0 saturated heterocycles. The molecule has 9 heteroatoms. The Hall–Kier alpha value is -3.26. The molecule has 1 unspecified atom stereocenters. The molecule has 0 aliphatic heterocycles. The molecule has 0 fully saturated rings. The number of tetrazole rings is 1. The van der Waals surface area contributed by atoms with Crippen LogP contribution in [0.4, 0.5) is 0 Å². The van der Waals surface area contributed by atoms with Crippen molar-refractivity contribution < 1.29 is 0 Å². The van der Waals surface area contributed by atoms with Crippen molar-refractivity contribution in [2.75, 3.05) is 0 Å². The van der Waals surface area contributed by atoms with E-state index in [9.17, 15) is 4.79 Å². The molecule has 3 aromatic heterocycles. The van der Waals surface area contributed by atoms with Gasteiger partial charge in [0.2, 0.25) is 0 Å². The van der Waals surface area contributed by atoms with Crippen LogP contribution in [0.15, 0.2) is 47.4 Å². The zero-order valence-electron chi connectivity index (χ0n) is 19.1. The minimum atomic E-state index is -0.0745. The first-order valence-corrected chi connectivity index (χ1v) is 11.7. The lowest BCUT2D eigenvalue weighted by Crippen LogP contribution is -2.27. The Kier molecular flexibility index (Phi) is 7.03. The quantitative estimate of drug-likeness (QED) is 0.379. The van der Waals surface area contributed by atoms with E-state index in [1.807, 2.05) is 49.5 Å². The lowest BCUT2D eigenvalue weighted by Gasteiger charge is -2.10. The maximum atomic E-state index is 13.2. The number of hydrogen-bond donors (Lipinski definition) is 1. The highest BCUT2D eigenvalue weighted by Gasteiger charge is 2.21. The molecule has 0 saturated carbocycles. The van der Waals surface area contributed by atoms with Gasteiger partial charge in [0.25, 0.3) is 0 Å². The Morgan fingerprint density at radius 2 is 1.91 bits per heavy atom. The van der Waals surface area contributed by atoms with Crippen LogP contribution in [0.1, 0.15) is 57.5 Å². The third-order valence-electron chi connectivity index (χ3n) is 5.99. The Balaban J connectivity index is 1.67. The van der Waals surface area contributed by atoms with Crippen molar-refractivity contribution in [3.63, 3.8) is 0 Å². The average Bonchev–Trinajstić information content (AvgIpc) is 3.45. The highest BCUT2D eigenvalue weighted by Crippen LogP contribution is 2.29. The molecule has 1 N–H and O–H groups in total. The highest BCUT2D eigenvalue weighted by atomic mass is 35.5. The minimum absolute atomic E-state index is 0.0454. The smallest absolute Gasteiger partial charge is 0.289 e. The summed E-state index contributed by atoms with van der Waals surface area (Å²) in [7, 11) is 0. The molecular weight excluding hydrogens is 438 g/mol. The molecule has 4 aromatic rings. The van der Waals surface area contributed by atoms with Gasteiger partial charge in [-0.15, -0.1) is 5.10 Å². The van der Waals surface area contributed by atoms with Crippen LogP contribution < -0.4 is 5.69 Å². The first-order chi connectivity index (χ1) is 16.0. The molecule has 0 radical (unpaired) electrons. The van der Waals surface area contributed by atoms with E-state index in [1.165, 1.54) is 0 Å². The molecule has 0 bridgehead atoms. The molecule has 1 aromatic carbocycles. The van der Waals surface area contributed by atoms with Crippen molar-refractivity contribution in [2.45, 2.75) is 59.0 Å². The molecule has 0 aliphatic carbocycles. The SMILES string of the molecule is CCCCc1c(Cl)n(C(C)CC)c(=O)n1Cc1ccc(-c2ccccc2-c2nnn[nH]2)cn1. The summed E-state index contributed by atoms with van der Waals surface area (Å²) in [5.41, 5.74) is 4.43. The number of aromatic nitrogens is 7. The van der Waals surface area contributed by atoms with Gasteiger partial charge in [-0.05, 0) is 48.2 Å². The van der Waals surface area contributed by atoms with E-state index in [-0.39, 0.29) is 11.7 Å². The van der Waals surface area contributed by atoms with Gasteiger partial charge >= 0.3 is 5.69 Å². The largest absolute Gasteiger partial charge is 0.330 e. The fourth-order valence-corrected chi connectivity index (χ4v) is 4.38. The van der Waals surface area contributed by atoms with Crippen molar-refractivity contribution in [3.8, 4) is 22.5 Å². The average molecular weight is 466 g/mol. The maximum absolute atomic E-state index is 13.2. The number of halogens is 1. The first kappa shape index (κ1) is 22.9. The summed E-state index contributed by atoms with van der Waals surface area (Å²) in [6, 6.07) is 11.9. The number of hydrogen-bond acceptors (Lipinski definition) is 5. The summed E-state index contributed by atoms with van der Waals surface area (Å²) >= 11 is 6.68. The normalized spacial score (nSPS) is 12.2. The number of benzene rings is 1. The summed E-state index contributed by atoms with van der Waals surface area (Å²) in [4.78, 5) is 17.9. The van der Waals surface area contributed by atoms with Crippen LogP contribution in [-0.2, 0) is 13.0 Å². The number of aromatic amines is 1. The standard InChI is InChI=1S/C24H28ClN7O/c1-4-6-11-21-22(25)32(16(3)5-2)24(33)31(21)15-18-13-12-17(14-26-18)19-9-7-8-10-20(19)23-27-29-30-28-23/h7-10,12-14,16H,4-6,11,15H2,1-3H3,(H,27,28,29,30). The Bertz CT molecular complexity index is 1260. The second-order valence-corrected chi connectivity index (χ2v) is 8.53. The van der Waals surface area contributed by atoms with Crippen LogP contribution in [0.5, 0.6) is 0 Å². The third kappa shape index (κ3) is 4.61. The first-order valence-electron chi connectivity index (χ1n) is 11.3. The number of unbranched alkanes of at least 4 members (excludes halogenated alkanes) is 1. The van der Waals surface area contributed by atoms with Crippen molar-refractivity contribution in [3.05, 3.63) is 69.6 Å². The van der Waals surface area contributed by atoms with Crippen molar-refractivity contribution in [2.24, 2.45) is 0 Å². The third-order valence-corrected chi connectivity index (χ3v) is 6.39. The van der Waals surface area contributed by atoms with Gasteiger partial charge in [-0.3, -0.25) is 14.1 Å². The number of nitrogens with zero attached hydrogens (tertiary/aromatic N) is 6. The maximum Gasteiger partial charge on any atom is 0.330 e. The summed E-state index contributed by atoms with van der Waals surface area (Å²) < 4.78 is 3.49. The number of pyridine rings is 1. The second-order valence-electron chi connectivity index (χ2n) is 8.17. The van der Waals surface area contributed by atoms with Gasteiger partial charge in [-0.25, -0.2) is 9.89 Å². The number of H-pyrrole nitrogens is 1. The van der Waals surface area contributed by atoms with Gasteiger partial charge in [-0.2, -0.15) is 0 Å². The predicted octanol–water partition coefficient (Wildman–Crippen LogP) is 4.91. The van der Waals surface area contributed by atoms with Crippen LogP contribution in [-0.4, -0.2) is 34.7 Å². The molecule has 1 atom stereocenters. The molecule has 3 heterocycles. The van der Waals surface area contributed by atoms with Crippen LogP contribution in [0.2, 0.25) is 5.15 Å². The lowest BCUT2D eigenvalue weighted by atomic mass is 10.0. The van der Waals surface area contributed by atoms with Gasteiger partial charge in [0.1, 0.15) is 5.15 Å². The highest BCUT2D eigenvalue weighted by molar-refractivity contribution is 6.30. The molecule has 0 amide bonds. The molecule has 33 heavy (non-hydrogen) atoms. The van der Waals surface area contributed by atoms with E-state index >= 15 is 0 Å². The number of imidazole rings is 1. The van der Waals surface area contributed by atoms with Gasteiger partial charge in [-0.1, -0.05) is 62.2 Å². The molecule has 0 spiro atoms. The molecule has 8 nitrogen and oxygen atoms in total. The van der Waals surface area contributed by atoms with Gasteiger partial charge in [0, 0.05) is 23.4 Å². The van der Waals surface area contributed by atoms with E-state index in [0.717, 1.165) is 53.8 Å². The fraction of sp³-hybridized carbons (Fsp3) is 0.375. The Labute approximate surface area is 197 Å². The van der Waals surface area contributed by atoms with Crippen LogP contribution in [0.25, 0.3) is 22.5 Å². The lowest BCUT2D eigenvalue weighted by molar-refractivity contribution is 0.504. The predicted molar refractivity (Wildman–Crippen MR) is 129 cm³/mol. The molecule has 4 rings (SSSR count). The van der Waals surface area contributed by atoms with Crippen LogP contribution in [0.3, 0.4) is 0 Å². The zero-order chi connectivity index (χ0) is 23.4. The molecule has 172 valence electrons. The second kappa shape index (κ2) is 10.1. The zero-order valence-corrected chi connectivity index (χ0v) is 19.9. The van der Waals surface area contributed by atoms with Crippen molar-refractivity contribution >= 4 is 11.6 Å². The van der Waals surface area contributed by atoms with E-state index in [2.05, 4.69) is 39.5 Å². The molecular formula is C24H28ClN7O. The van der Waals surface area contributed by atoms with E-state index in [0.29, 0.717) is 17.5 Å². The van der Waals surface area contributed by atoms with Gasteiger partial charge in [0.05, 0.1) is 17.9 Å².